The van der Waals surface area contributed by atoms with Gasteiger partial charge in [0.05, 0.1) is 5.41 Å². The van der Waals surface area contributed by atoms with Crippen LogP contribution in [0.3, 0.4) is 0 Å². The molecule has 0 saturated heterocycles. The normalized spacial score (nSPS) is 14.1. The molecule has 7 rings (SSSR count). The standard InChI is InChI=1S/C45H40S/c1-6-15-31-25-34(32(8-3)28-36(16-7-2)46-30(4)5)27-35(26-31)33-23-24-40-39-19-11-14-22-43(39)45(44(40)29-33)41-20-12-9-17-37(41)38-18-10-13-21-42(38)45/h6,8-14,17-29H,1,4,7,15-16H2,2-3,5H3/b32-8+,36-28+. The average Bonchev–Trinajstić information content (AvgIpc) is 3.54. The molecule has 0 heterocycles. The van der Waals surface area contributed by atoms with Crippen molar-refractivity contribution in [3.8, 4) is 33.4 Å². The van der Waals surface area contributed by atoms with Crippen molar-refractivity contribution >= 4 is 17.3 Å². The van der Waals surface area contributed by atoms with Gasteiger partial charge in [-0.05, 0) is 127 Å². The first kappa shape index (κ1) is 30.1. The lowest BCUT2D eigenvalue weighted by molar-refractivity contribution is 0.794. The molecule has 0 aliphatic heterocycles. The van der Waals surface area contributed by atoms with Crippen LogP contribution in [0.5, 0.6) is 0 Å². The topological polar surface area (TPSA) is 0 Å². The number of allylic oxidation sites excluding steroid dienone is 6. The summed E-state index contributed by atoms with van der Waals surface area (Å²) in [7, 11) is 0. The molecule has 1 heteroatoms. The van der Waals surface area contributed by atoms with Gasteiger partial charge in [0.15, 0.2) is 0 Å². The van der Waals surface area contributed by atoms with E-state index in [-0.39, 0.29) is 5.41 Å². The zero-order chi connectivity index (χ0) is 31.8. The Morgan fingerprint density at radius 1 is 0.717 bits per heavy atom. The molecule has 0 fully saturated rings. The fourth-order valence-corrected chi connectivity index (χ4v) is 8.65. The van der Waals surface area contributed by atoms with E-state index in [0.717, 1.165) is 24.2 Å². The predicted octanol–water partition coefficient (Wildman–Crippen LogP) is 12.8. The number of hydrogen-bond acceptors (Lipinski definition) is 1. The van der Waals surface area contributed by atoms with Crippen molar-refractivity contribution in [3.05, 3.63) is 184 Å². The van der Waals surface area contributed by atoms with E-state index < -0.39 is 0 Å². The molecule has 1 spiro atoms. The third-order valence-corrected chi connectivity index (χ3v) is 10.4. The van der Waals surface area contributed by atoms with Gasteiger partial charge in [-0.3, -0.25) is 0 Å². The maximum atomic E-state index is 4.17. The summed E-state index contributed by atoms with van der Waals surface area (Å²) in [5.74, 6) is 0. The summed E-state index contributed by atoms with van der Waals surface area (Å²) in [6.07, 6.45) is 9.59. The van der Waals surface area contributed by atoms with Crippen LogP contribution in [0.25, 0.3) is 39.0 Å². The molecule has 0 atom stereocenters. The van der Waals surface area contributed by atoms with Crippen LogP contribution in [0.2, 0.25) is 0 Å². The summed E-state index contributed by atoms with van der Waals surface area (Å²) in [6, 6.07) is 41.3. The lowest BCUT2D eigenvalue weighted by Gasteiger charge is -2.30. The summed E-state index contributed by atoms with van der Waals surface area (Å²) in [5, 5.41) is 0. The fourth-order valence-electron chi connectivity index (χ4n) is 7.71. The first-order valence-corrected chi connectivity index (χ1v) is 17.2. The van der Waals surface area contributed by atoms with Gasteiger partial charge in [0.25, 0.3) is 0 Å². The Morgan fingerprint density at radius 2 is 1.30 bits per heavy atom. The fraction of sp³-hybridized carbons (Fsp3) is 0.156. The van der Waals surface area contributed by atoms with E-state index in [1.165, 1.54) is 77.2 Å². The van der Waals surface area contributed by atoms with Crippen molar-refractivity contribution in [2.45, 2.75) is 45.4 Å². The maximum absolute atomic E-state index is 4.17. The highest BCUT2D eigenvalue weighted by molar-refractivity contribution is 8.06. The molecule has 0 N–H and O–H groups in total. The quantitative estimate of drug-likeness (QED) is 0.115. The molecule has 0 aromatic heterocycles. The third-order valence-electron chi connectivity index (χ3n) is 9.47. The number of benzene rings is 5. The number of fused-ring (bicyclic) bond motifs is 10. The lowest BCUT2D eigenvalue weighted by atomic mass is 9.70. The van der Waals surface area contributed by atoms with Gasteiger partial charge in [0, 0.05) is 0 Å². The van der Waals surface area contributed by atoms with E-state index in [1.807, 2.05) is 6.08 Å². The van der Waals surface area contributed by atoms with E-state index in [0.29, 0.717) is 0 Å². The molecule has 2 aliphatic rings. The Morgan fingerprint density at radius 3 is 1.85 bits per heavy atom. The molecule has 0 bridgehead atoms. The van der Waals surface area contributed by atoms with Gasteiger partial charge in [-0.15, -0.1) is 6.58 Å². The molecule has 5 aromatic carbocycles. The first-order chi connectivity index (χ1) is 22.5. The van der Waals surface area contributed by atoms with Crippen LogP contribution in [0.4, 0.5) is 0 Å². The van der Waals surface area contributed by atoms with Gasteiger partial charge in [-0.1, -0.05) is 141 Å². The highest BCUT2D eigenvalue weighted by Crippen LogP contribution is 2.63. The van der Waals surface area contributed by atoms with Gasteiger partial charge < -0.3 is 0 Å². The smallest absolute Gasteiger partial charge is 0.0725 e. The Hall–Kier alpha value is -4.59. The van der Waals surface area contributed by atoms with Gasteiger partial charge in [0.1, 0.15) is 0 Å². The molecular weight excluding hydrogens is 573 g/mol. The molecule has 0 unspecified atom stereocenters. The molecule has 226 valence electrons. The number of hydrogen-bond donors (Lipinski definition) is 0. The molecule has 46 heavy (non-hydrogen) atoms. The van der Waals surface area contributed by atoms with Crippen LogP contribution >= 0.6 is 11.8 Å². The predicted molar refractivity (Wildman–Crippen MR) is 201 cm³/mol. The Labute approximate surface area is 278 Å². The van der Waals surface area contributed by atoms with E-state index in [2.05, 4.69) is 155 Å². The van der Waals surface area contributed by atoms with Crippen molar-refractivity contribution in [3.63, 3.8) is 0 Å². The van der Waals surface area contributed by atoms with E-state index in [9.17, 15) is 0 Å². The zero-order valence-electron chi connectivity index (χ0n) is 27.1. The molecule has 0 nitrogen and oxygen atoms in total. The summed E-state index contributed by atoms with van der Waals surface area (Å²) < 4.78 is 0. The Bertz CT molecular complexity index is 2000. The second-order valence-corrected chi connectivity index (χ2v) is 13.9. The van der Waals surface area contributed by atoms with Crippen LogP contribution in [-0.4, -0.2) is 0 Å². The highest BCUT2D eigenvalue weighted by atomic mass is 32.2. The second-order valence-electron chi connectivity index (χ2n) is 12.5. The average molecular weight is 613 g/mol. The number of thioether (sulfide) groups is 1. The Balaban J connectivity index is 1.44. The molecule has 5 aromatic rings. The minimum atomic E-state index is -0.345. The van der Waals surface area contributed by atoms with Crippen LogP contribution in [0.1, 0.15) is 67.0 Å². The lowest BCUT2D eigenvalue weighted by Crippen LogP contribution is -2.25. The molecule has 0 saturated carbocycles. The van der Waals surface area contributed by atoms with Gasteiger partial charge in [-0.2, -0.15) is 0 Å². The van der Waals surface area contributed by atoms with Gasteiger partial charge >= 0.3 is 0 Å². The van der Waals surface area contributed by atoms with Crippen LogP contribution in [0.15, 0.2) is 150 Å². The van der Waals surface area contributed by atoms with Crippen LogP contribution in [0, 0.1) is 0 Å². The summed E-state index contributed by atoms with van der Waals surface area (Å²) in [4.78, 5) is 2.48. The minimum Gasteiger partial charge on any atom is -0.103 e. The second kappa shape index (κ2) is 12.3. The number of rotatable bonds is 9. The van der Waals surface area contributed by atoms with Crippen LogP contribution < -0.4 is 0 Å². The monoisotopic (exact) mass is 612 g/mol. The zero-order valence-corrected chi connectivity index (χ0v) is 27.9. The maximum Gasteiger partial charge on any atom is 0.0725 e. The van der Waals surface area contributed by atoms with Crippen molar-refractivity contribution in [1.82, 2.24) is 0 Å². The van der Waals surface area contributed by atoms with E-state index >= 15 is 0 Å². The molecule has 0 radical (unpaired) electrons. The summed E-state index contributed by atoms with van der Waals surface area (Å²) >= 11 is 1.79. The van der Waals surface area contributed by atoms with Gasteiger partial charge in [-0.25, -0.2) is 0 Å². The Kier molecular flexibility index (Phi) is 8.05. The molecular formula is C45H40S. The molecule has 2 aliphatic carbocycles. The van der Waals surface area contributed by atoms with Crippen molar-refractivity contribution in [1.29, 1.82) is 0 Å². The van der Waals surface area contributed by atoms with Crippen molar-refractivity contribution in [2.24, 2.45) is 0 Å². The van der Waals surface area contributed by atoms with Crippen molar-refractivity contribution in [2.75, 3.05) is 0 Å². The van der Waals surface area contributed by atoms with Crippen molar-refractivity contribution < 1.29 is 0 Å². The third kappa shape index (κ3) is 4.86. The molecule has 0 amide bonds. The van der Waals surface area contributed by atoms with E-state index in [1.54, 1.807) is 11.8 Å². The SMILES string of the molecule is C=CCc1cc(C(/C=C(\CCC)SC(=C)C)=C/C)cc(-c2ccc3c(c2)C2(c4ccccc4-c4ccccc42)c2ccccc2-3)c1. The first-order valence-electron chi connectivity index (χ1n) is 16.4. The largest absolute Gasteiger partial charge is 0.103 e. The summed E-state index contributed by atoms with van der Waals surface area (Å²) in [5.41, 5.74) is 16.7. The summed E-state index contributed by atoms with van der Waals surface area (Å²) in [6.45, 7) is 14.7. The highest BCUT2D eigenvalue weighted by Gasteiger charge is 2.51. The minimum absolute atomic E-state index is 0.345. The van der Waals surface area contributed by atoms with Crippen LogP contribution in [-0.2, 0) is 11.8 Å². The van der Waals surface area contributed by atoms with Gasteiger partial charge in [0.2, 0.25) is 0 Å². The van der Waals surface area contributed by atoms with E-state index in [4.69, 9.17) is 0 Å².